The predicted octanol–water partition coefficient (Wildman–Crippen LogP) is 9.52. The van der Waals surface area contributed by atoms with Crippen LogP contribution in [-0.4, -0.2) is 22.4 Å². The molecule has 0 amide bonds. The third kappa shape index (κ3) is 10.3. The summed E-state index contributed by atoms with van der Waals surface area (Å²) in [6.07, 6.45) is -0.508. The van der Waals surface area contributed by atoms with Gasteiger partial charge in [0, 0.05) is 0 Å². The first kappa shape index (κ1) is 36.2. The number of aliphatic hydroxyl groups is 2. The molecular weight excluding hydrogens is 649 g/mol. The zero-order valence-electron chi connectivity index (χ0n) is 29.8. The van der Waals surface area contributed by atoms with Crippen molar-refractivity contribution in [1.29, 1.82) is 0 Å². The van der Waals surface area contributed by atoms with Crippen LogP contribution in [0.25, 0.3) is 11.1 Å². The Labute approximate surface area is 306 Å². The second-order valence-electron chi connectivity index (χ2n) is 13.1. The number of hydrogen-bond acceptors (Lipinski definition) is 6. The summed E-state index contributed by atoms with van der Waals surface area (Å²) in [5.41, 5.74) is 7.57. The lowest BCUT2D eigenvalue weighted by Crippen LogP contribution is -2.11. The van der Waals surface area contributed by atoms with Crippen molar-refractivity contribution in [3.63, 3.8) is 0 Å². The highest BCUT2D eigenvalue weighted by atomic mass is 16.5. The quantitative estimate of drug-likeness (QED) is 0.0991. The van der Waals surface area contributed by atoms with Gasteiger partial charge in [-0.2, -0.15) is 0 Å². The van der Waals surface area contributed by atoms with E-state index in [1.165, 1.54) is 0 Å². The van der Waals surface area contributed by atoms with Crippen LogP contribution >= 0.6 is 0 Å². The third-order valence-electron chi connectivity index (χ3n) is 8.61. The topological polar surface area (TPSA) is 77.4 Å². The lowest BCUT2D eigenvalue weighted by Gasteiger charge is -2.23. The fourth-order valence-corrected chi connectivity index (χ4v) is 6.07. The Morgan fingerprint density at radius 3 is 0.885 bits per heavy atom. The van der Waals surface area contributed by atoms with Crippen molar-refractivity contribution < 1.29 is 29.2 Å². The van der Waals surface area contributed by atoms with E-state index in [0.717, 1.165) is 44.5 Å². The van der Waals surface area contributed by atoms with E-state index in [0.29, 0.717) is 62.3 Å². The first-order valence-corrected chi connectivity index (χ1v) is 17.8. The molecule has 6 aromatic carbocycles. The molecule has 0 saturated carbocycles. The van der Waals surface area contributed by atoms with Gasteiger partial charge < -0.3 is 29.2 Å². The van der Waals surface area contributed by atoms with E-state index in [-0.39, 0.29) is 0 Å². The Morgan fingerprint density at radius 1 is 0.385 bits per heavy atom. The molecule has 266 valence electrons. The Hall–Kier alpha value is -5.56. The molecule has 0 aliphatic heterocycles. The van der Waals surface area contributed by atoms with Crippen LogP contribution in [0.5, 0.6) is 23.0 Å². The van der Waals surface area contributed by atoms with E-state index >= 15 is 0 Å². The van der Waals surface area contributed by atoms with Crippen molar-refractivity contribution in [2.24, 2.45) is 0 Å². The molecule has 6 aromatic rings. The minimum Gasteiger partial charge on any atom is -0.485 e. The van der Waals surface area contributed by atoms with Gasteiger partial charge in [0.2, 0.25) is 0 Å². The van der Waals surface area contributed by atoms with E-state index in [4.69, 9.17) is 18.9 Å². The van der Waals surface area contributed by atoms with Gasteiger partial charge in [-0.3, -0.25) is 0 Å². The summed E-state index contributed by atoms with van der Waals surface area (Å²) in [5, 5.41) is 21.5. The molecule has 6 nitrogen and oxygen atoms in total. The maximum Gasteiger partial charge on any atom is 0.162 e. The van der Waals surface area contributed by atoms with Crippen LogP contribution in [0.15, 0.2) is 146 Å². The van der Waals surface area contributed by atoms with Crippen LogP contribution < -0.4 is 18.9 Å². The minimum absolute atomic E-state index is 0.343. The molecule has 0 aliphatic carbocycles. The van der Waals surface area contributed by atoms with Gasteiger partial charge in [0.15, 0.2) is 23.0 Å². The summed E-state index contributed by atoms with van der Waals surface area (Å²) in [4.78, 5) is 0. The van der Waals surface area contributed by atoms with E-state index in [9.17, 15) is 10.2 Å². The maximum atomic E-state index is 10.7. The molecule has 2 N–H and O–H groups in total. The summed E-state index contributed by atoms with van der Waals surface area (Å²) in [5.74, 6) is 2.31. The van der Waals surface area contributed by atoms with E-state index < -0.39 is 12.2 Å². The van der Waals surface area contributed by atoms with Gasteiger partial charge in [-0.1, -0.05) is 121 Å². The molecule has 0 aromatic heterocycles. The molecule has 0 saturated heterocycles. The lowest BCUT2D eigenvalue weighted by atomic mass is 9.90. The number of benzene rings is 6. The molecule has 0 fully saturated rings. The molecule has 0 heterocycles. The summed E-state index contributed by atoms with van der Waals surface area (Å²) in [6.45, 7) is 4.95. The maximum absolute atomic E-state index is 10.7. The Morgan fingerprint density at radius 2 is 0.635 bits per heavy atom. The molecule has 0 bridgehead atoms. The van der Waals surface area contributed by atoms with Crippen LogP contribution in [0.1, 0.15) is 47.2 Å². The fraction of sp³-hybridized carbons (Fsp3) is 0.217. The molecule has 6 rings (SSSR count). The molecule has 52 heavy (non-hydrogen) atoms. The van der Waals surface area contributed by atoms with Crippen molar-refractivity contribution in [2.75, 3.05) is 0 Å². The minimum atomic E-state index is -0.626. The number of rotatable bonds is 17. The highest BCUT2D eigenvalue weighted by Gasteiger charge is 2.22. The van der Waals surface area contributed by atoms with Crippen LogP contribution in [-0.2, 0) is 39.3 Å². The zero-order valence-corrected chi connectivity index (χ0v) is 29.8. The first-order chi connectivity index (χ1) is 25.4. The first-order valence-electron chi connectivity index (χ1n) is 17.8. The lowest BCUT2D eigenvalue weighted by molar-refractivity contribution is 0.194. The van der Waals surface area contributed by atoms with Crippen molar-refractivity contribution >= 4 is 0 Å². The average Bonchev–Trinajstić information content (AvgIpc) is 3.16. The van der Waals surface area contributed by atoms with Crippen LogP contribution in [0, 0.1) is 0 Å². The molecule has 0 spiro atoms. The Bertz CT molecular complexity index is 1830. The van der Waals surface area contributed by atoms with Crippen LogP contribution in [0.3, 0.4) is 0 Å². The standard InChI is InChI=1S/C46H46O6/c1-33(47)23-39-25-43(49-29-35-15-7-3-8-16-35)45(51-31-37-19-11-5-12-20-37)27-41(39)42-28-46(52-32-38-21-13-6-14-22-38)44(26-40(42)24-34(2)48)50-30-36-17-9-4-10-18-36/h3-22,25-28,33-34,47-48H,23-24,29-32H2,1-2H3/t33-,34-/m0/s1. The summed E-state index contributed by atoms with van der Waals surface area (Å²) in [6, 6.07) is 48.0. The predicted molar refractivity (Wildman–Crippen MR) is 206 cm³/mol. The second kappa shape index (κ2) is 18.1. The molecule has 0 aliphatic rings. The SMILES string of the molecule is C[C@H](O)Cc1cc(OCc2ccccc2)c(OCc2ccccc2)cc1-c1cc(OCc2ccccc2)c(OCc2ccccc2)cc1C[C@H](C)O. The van der Waals surface area contributed by atoms with Gasteiger partial charge in [0.05, 0.1) is 12.2 Å². The van der Waals surface area contributed by atoms with Crippen molar-refractivity contribution in [2.45, 2.75) is 65.3 Å². The fourth-order valence-electron chi connectivity index (χ4n) is 6.07. The van der Waals surface area contributed by atoms with Crippen molar-refractivity contribution in [3.05, 3.63) is 179 Å². The van der Waals surface area contributed by atoms with Gasteiger partial charge in [-0.25, -0.2) is 0 Å². The highest BCUT2D eigenvalue weighted by molar-refractivity contribution is 5.77. The number of ether oxygens (including phenoxy) is 4. The monoisotopic (exact) mass is 694 g/mol. The van der Waals surface area contributed by atoms with Crippen LogP contribution in [0.4, 0.5) is 0 Å². The zero-order chi connectivity index (χ0) is 36.1. The molecule has 6 heteroatoms. The third-order valence-corrected chi connectivity index (χ3v) is 8.61. The summed E-state index contributed by atoms with van der Waals surface area (Å²) >= 11 is 0. The van der Waals surface area contributed by atoms with Gasteiger partial charge in [-0.05, 0) is 95.5 Å². The summed E-state index contributed by atoms with van der Waals surface area (Å²) in [7, 11) is 0. The van der Waals surface area contributed by atoms with Crippen molar-refractivity contribution in [3.8, 4) is 34.1 Å². The largest absolute Gasteiger partial charge is 0.485 e. The van der Waals surface area contributed by atoms with Gasteiger partial charge in [0.1, 0.15) is 26.4 Å². The Balaban J connectivity index is 1.46. The molecule has 0 unspecified atom stereocenters. The Kier molecular flexibility index (Phi) is 12.6. The summed E-state index contributed by atoms with van der Waals surface area (Å²) < 4.78 is 25.9. The molecule has 0 radical (unpaired) electrons. The van der Waals surface area contributed by atoms with Crippen LogP contribution in [0.2, 0.25) is 0 Å². The average molecular weight is 695 g/mol. The number of hydrogen-bond donors (Lipinski definition) is 2. The highest BCUT2D eigenvalue weighted by Crippen LogP contribution is 2.43. The smallest absolute Gasteiger partial charge is 0.162 e. The van der Waals surface area contributed by atoms with E-state index in [2.05, 4.69) is 0 Å². The molecule has 2 atom stereocenters. The molecular formula is C46H46O6. The van der Waals surface area contributed by atoms with E-state index in [1.807, 2.05) is 146 Å². The normalized spacial score (nSPS) is 12.2. The van der Waals surface area contributed by atoms with Gasteiger partial charge >= 0.3 is 0 Å². The number of aliphatic hydroxyl groups excluding tert-OH is 2. The van der Waals surface area contributed by atoms with Gasteiger partial charge in [0.25, 0.3) is 0 Å². The second-order valence-corrected chi connectivity index (χ2v) is 13.1. The van der Waals surface area contributed by atoms with Crippen molar-refractivity contribution in [1.82, 2.24) is 0 Å². The van der Waals surface area contributed by atoms with E-state index in [1.54, 1.807) is 13.8 Å². The van der Waals surface area contributed by atoms with Gasteiger partial charge in [-0.15, -0.1) is 0 Å².